The van der Waals surface area contributed by atoms with Gasteiger partial charge in [0, 0.05) is 6.61 Å². The van der Waals surface area contributed by atoms with Crippen molar-refractivity contribution in [3.05, 3.63) is 12.7 Å². The van der Waals surface area contributed by atoms with Crippen LogP contribution in [0, 0.1) is 5.92 Å². The van der Waals surface area contributed by atoms with E-state index in [0.717, 1.165) is 19.3 Å². The van der Waals surface area contributed by atoms with Gasteiger partial charge in [-0.1, -0.05) is 13.0 Å². The molecule has 0 aliphatic heterocycles. The van der Waals surface area contributed by atoms with Gasteiger partial charge in [-0.2, -0.15) is 0 Å². The van der Waals surface area contributed by atoms with E-state index in [9.17, 15) is 0 Å². The van der Waals surface area contributed by atoms with Crippen LogP contribution in [0.1, 0.15) is 26.2 Å². The van der Waals surface area contributed by atoms with Gasteiger partial charge in [-0.25, -0.2) is 0 Å². The Labute approximate surface area is 57.4 Å². The van der Waals surface area contributed by atoms with E-state index >= 15 is 0 Å². The lowest BCUT2D eigenvalue weighted by Crippen LogP contribution is -1.99. The lowest BCUT2D eigenvalue weighted by atomic mass is 10.1. The van der Waals surface area contributed by atoms with Gasteiger partial charge in [-0.3, -0.25) is 0 Å². The van der Waals surface area contributed by atoms with Crippen LogP contribution in [0.4, 0.5) is 0 Å². The summed E-state index contributed by atoms with van der Waals surface area (Å²) < 4.78 is 0. The number of rotatable bonds is 5. The lowest BCUT2D eigenvalue weighted by Gasteiger charge is -2.04. The minimum Gasteiger partial charge on any atom is -0.396 e. The molecule has 0 amide bonds. The van der Waals surface area contributed by atoms with Crippen LogP contribution in [0.15, 0.2) is 12.7 Å². The van der Waals surface area contributed by atoms with E-state index in [2.05, 4.69) is 13.5 Å². The van der Waals surface area contributed by atoms with Crippen molar-refractivity contribution in [2.75, 3.05) is 6.61 Å². The van der Waals surface area contributed by atoms with Crippen LogP contribution < -0.4 is 0 Å². The third-order valence-corrected chi connectivity index (χ3v) is 1.42. The molecule has 0 aromatic heterocycles. The van der Waals surface area contributed by atoms with Crippen molar-refractivity contribution in [2.45, 2.75) is 26.2 Å². The number of allylic oxidation sites excluding steroid dienone is 1. The normalized spacial score (nSPS) is 13.1. The number of aliphatic hydroxyl groups excluding tert-OH is 1. The molecule has 0 bridgehead atoms. The van der Waals surface area contributed by atoms with Crippen molar-refractivity contribution in [1.82, 2.24) is 0 Å². The molecule has 0 saturated carbocycles. The van der Waals surface area contributed by atoms with Gasteiger partial charge in [-0.05, 0) is 25.2 Å². The van der Waals surface area contributed by atoms with Crippen molar-refractivity contribution < 1.29 is 5.11 Å². The maximum atomic E-state index is 8.61. The van der Waals surface area contributed by atoms with E-state index in [1.807, 2.05) is 6.08 Å². The first-order valence-corrected chi connectivity index (χ1v) is 3.53. The van der Waals surface area contributed by atoms with Crippen molar-refractivity contribution >= 4 is 0 Å². The van der Waals surface area contributed by atoms with Crippen molar-refractivity contribution in [1.29, 1.82) is 0 Å². The predicted octanol–water partition coefficient (Wildman–Crippen LogP) is 1.97. The average molecular weight is 128 g/mol. The zero-order valence-corrected chi connectivity index (χ0v) is 6.14. The second-order valence-corrected chi connectivity index (χ2v) is 2.51. The minimum absolute atomic E-state index is 0.317. The summed E-state index contributed by atoms with van der Waals surface area (Å²) in [4.78, 5) is 0. The summed E-state index contributed by atoms with van der Waals surface area (Å²) in [5, 5.41) is 8.61. The Morgan fingerprint density at radius 2 is 2.33 bits per heavy atom. The molecule has 1 atom stereocenters. The highest BCUT2D eigenvalue weighted by atomic mass is 16.3. The Morgan fingerprint density at radius 3 is 2.78 bits per heavy atom. The summed E-state index contributed by atoms with van der Waals surface area (Å²) in [6.45, 7) is 6.00. The van der Waals surface area contributed by atoms with E-state index < -0.39 is 0 Å². The lowest BCUT2D eigenvalue weighted by molar-refractivity contribution is 0.228. The quantitative estimate of drug-likeness (QED) is 0.443. The first-order chi connectivity index (χ1) is 4.31. The summed E-state index contributed by atoms with van der Waals surface area (Å²) in [6.07, 6.45) is 5.27. The van der Waals surface area contributed by atoms with E-state index in [-0.39, 0.29) is 0 Å². The van der Waals surface area contributed by atoms with Crippen LogP contribution in [0.3, 0.4) is 0 Å². The molecule has 0 aliphatic carbocycles. The Bertz CT molecular complexity index is 69.0. The van der Waals surface area contributed by atoms with E-state index in [4.69, 9.17) is 5.11 Å². The van der Waals surface area contributed by atoms with Crippen LogP contribution in [0.2, 0.25) is 0 Å². The molecule has 0 radical (unpaired) electrons. The van der Waals surface area contributed by atoms with Crippen LogP contribution in [0.25, 0.3) is 0 Å². The second-order valence-electron chi connectivity index (χ2n) is 2.51. The molecular formula is C8H16O. The summed E-state index contributed by atoms with van der Waals surface area (Å²) >= 11 is 0. The molecule has 0 aromatic rings. The Balaban J connectivity index is 2.96. The molecule has 0 fully saturated rings. The SMILES string of the molecule is C=CCCC[C@@H](C)CO. The topological polar surface area (TPSA) is 20.2 Å². The van der Waals surface area contributed by atoms with Gasteiger partial charge in [0.1, 0.15) is 0 Å². The predicted molar refractivity (Wildman–Crippen MR) is 40.3 cm³/mol. The zero-order valence-electron chi connectivity index (χ0n) is 6.14. The van der Waals surface area contributed by atoms with Crippen LogP contribution in [-0.2, 0) is 0 Å². The molecule has 54 valence electrons. The van der Waals surface area contributed by atoms with Crippen molar-refractivity contribution in [2.24, 2.45) is 5.92 Å². The fourth-order valence-electron chi connectivity index (χ4n) is 0.702. The molecule has 0 aliphatic rings. The second kappa shape index (κ2) is 5.83. The summed E-state index contributed by atoms with van der Waals surface area (Å²) in [6, 6.07) is 0. The highest BCUT2D eigenvalue weighted by Gasteiger charge is 1.96. The number of aliphatic hydroxyl groups is 1. The maximum Gasteiger partial charge on any atom is 0.0456 e. The highest BCUT2D eigenvalue weighted by molar-refractivity contribution is 4.66. The van der Waals surface area contributed by atoms with Gasteiger partial charge in [0.2, 0.25) is 0 Å². The number of hydrogen-bond acceptors (Lipinski definition) is 1. The zero-order chi connectivity index (χ0) is 7.11. The van der Waals surface area contributed by atoms with Gasteiger partial charge >= 0.3 is 0 Å². The molecule has 9 heavy (non-hydrogen) atoms. The molecule has 0 aromatic carbocycles. The summed E-state index contributed by atoms with van der Waals surface area (Å²) in [5.41, 5.74) is 0. The summed E-state index contributed by atoms with van der Waals surface area (Å²) in [7, 11) is 0. The Kier molecular flexibility index (Phi) is 5.64. The van der Waals surface area contributed by atoms with Gasteiger partial charge in [0.15, 0.2) is 0 Å². The van der Waals surface area contributed by atoms with Gasteiger partial charge in [0.25, 0.3) is 0 Å². The Morgan fingerprint density at radius 1 is 1.67 bits per heavy atom. The first kappa shape index (κ1) is 8.70. The van der Waals surface area contributed by atoms with Crippen LogP contribution in [-0.4, -0.2) is 11.7 Å². The molecule has 0 saturated heterocycles. The average Bonchev–Trinajstić information content (AvgIpc) is 1.89. The first-order valence-electron chi connectivity index (χ1n) is 3.53. The van der Waals surface area contributed by atoms with Crippen molar-refractivity contribution in [3.8, 4) is 0 Å². The summed E-state index contributed by atoms with van der Waals surface area (Å²) in [5.74, 6) is 0.463. The fourth-order valence-corrected chi connectivity index (χ4v) is 0.702. The number of unbranched alkanes of at least 4 members (excludes halogenated alkanes) is 1. The smallest absolute Gasteiger partial charge is 0.0456 e. The monoisotopic (exact) mass is 128 g/mol. The molecule has 0 rings (SSSR count). The van der Waals surface area contributed by atoms with E-state index in [0.29, 0.717) is 12.5 Å². The van der Waals surface area contributed by atoms with Crippen LogP contribution in [0.5, 0.6) is 0 Å². The highest BCUT2D eigenvalue weighted by Crippen LogP contribution is 2.05. The molecule has 0 heterocycles. The Hall–Kier alpha value is -0.300. The largest absolute Gasteiger partial charge is 0.396 e. The third-order valence-electron chi connectivity index (χ3n) is 1.42. The van der Waals surface area contributed by atoms with Crippen LogP contribution >= 0.6 is 0 Å². The third kappa shape index (κ3) is 5.57. The molecular weight excluding hydrogens is 112 g/mol. The van der Waals surface area contributed by atoms with E-state index in [1.165, 1.54) is 0 Å². The van der Waals surface area contributed by atoms with E-state index in [1.54, 1.807) is 0 Å². The minimum atomic E-state index is 0.317. The molecule has 1 N–H and O–H groups in total. The standard InChI is InChI=1S/C8H16O/c1-3-4-5-6-8(2)7-9/h3,8-9H,1,4-7H2,2H3/t8-/m1/s1. The van der Waals surface area contributed by atoms with Gasteiger partial charge in [0.05, 0.1) is 0 Å². The molecule has 0 spiro atoms. The molecule has 1 heteroatoms. The maximum absolute atomic E-state index is 8.61. The van der Waals surface area contributed by atoms with Gasteiger partial charge in [-0.15, -0.1) is 6.58 Å². The van der Waals surface area contributed by atoms with Crippen molar-refractivity contribution in [3.63, 3.8) is 0 Å². The number of hydrogen-bond donors (Lipinski definition) is 1. The molecule has 1 nitrogen and oxygen atoms in total. The fraction of sp³-hybridized carbons (Fsp3) is 0.750. The van der Waals surface area contributed by atoms with Gasteiger partial charge < -0.3 is 5.11 Å². The molecule has 0 unspecified atom stereocenters.